The topological polar surface area (TPSA) is 261 Å². The molecule has 0 saturated carbocycles. The molecule has 15 nitrogen and oxygen atoms in total. The number of fused-ring (bicyclic) bond motifs is 3. The SMILES string of the molecule is CC(=O)CC(=O)C(=O)[O-].CC(=O)CC(=O)C(=O)[O-].CC(=O)CC(=O)C(=O)[O-].[Ir+3].c1ccc(-c2ccc3ccccc3n2)cc1.c1ccc(-c2ccc3ccccc3n2)cc1.c1ccc(-c2ccc3ccccc3n2)cc1. The van der Waals surface area contributed by atoms with Crippen molar-refractivity contribution in [1.29, 1.82) is 0 Å². The molecule has 0 radical (unpaired) electrons. The zero-order valence-corrected chi connectivity index (χ0v) is 43.6. The van der Waals surface area contributed by atoms with Crippen molar-refractivity contribution in [2.45, 2.75) is 40.0 Å². The first kappa shape index (κ1) is 60.9. The van der Waals surface area contributed by atoms with E-state index in [9.17, 15) is 58.5 Å². The quantitative estimate of drug-likeness (QED) is 0.0927. The summed E-state index contributed by atoms with van der Waals surface area (Å²) in [4.78, 5) is 103. The van der Waals surface area contributed by atoms with Crippen molar-refractivity contribution in [1.82, 2.24) is 15.0 Å². The molecule has 0 aliphatic heterocycles. The zero-order valence-electron chi connectivity index (χ0n) is 41.2. The Morgan fingerprint density at radius 1 is 0.303 bits per heavy atom. The van der Waals surface area contributed by atoms with Crippen LogP contribution in [-0.2, 0) is 63.3 Å². The Bertz CT molecular complexity index is 3080. The molecule has 9 aromatic rings. The van der Waals surface area contributed by atoms with Crippen molar-refractivity contribution < 1.29 is 78.6 Å². The summed E-state index contributed by atoms with van der Waals surface area (Å²) >= 11 is 0. The van der Waals surface area contributed by atoms with Gasteiger partial charge in [-0.3, -0.25) is 28.8 Å². The number of carbonyl (C=O) groups excluding carboxylic acids is 9. The van der Waals surface area contributed by atoms with E-state index in [0.29, 0.717) is 0 Å². The Balaban J connectivity index is 0.000000245. The third-order valence-electron chi connectivity index (χ3n) is 9.92. The summed E-state index contributed by atoms with van der Waals surface area (Å²) in [5, 5.41) is 32.4. The van der Waals surface area contributed by atoms with Crippen molar-refractivity contribution in [3.63, 3.8) is 0 Å². The smallest absolute Gasteiger partial charge is 0.542 e. The van der Waals surface area contributed by atoms with Gasteiger partial charge >= 0.3 is 20.1 Å². The minimum Gasteiger partial charge on any atom is -0.542 e. The maximum atomic E-state index is 10.1. The number of para-hydroxylation sites is 3. The van der Waals surface area contributed by atoms with Crippen molar-refractivity contribution in [2.75, 3.05) is 0 Å². The second-order valence-corrected chi connectivity index (χ2v) is 16.0. The minimum atomic E-state index is -1.80. The van der Waals surface area contributed by atoms with E-state index >= 15 is 0 Å². The van der Waals surface area contributed by atoms with E-state index in [4.69, 9.17) is 0 Å². The summed E-state index contributed by atoms with van der Waals surface area (Å²) in [5.74, 6) is -10.3. The number of carboxylic acids is 3. The third kappa shape index (κ3) is 21.4. The molecule has 3 heterocycles. The first-order chi connectivity index (χ1) is 35.9. The van der Waals surface area contributed by atoms with Crippen molar-refractivity contribution in [2.24, 2.45) is 0 Å². The normalized spacial score (nSPS) is 9.67. The number of carboxylic acid groups (broad SMARTS) is 3. The van der Waals surface area contributed by atoms with Crippen LogP contribution in [0.2, 0.25) is 0 Å². The monoisotopic (exact) mass is 1200 g/mol. The van der Waals surface area contributed by atoms with Gasteiger partial charge in [0.25, 0.3) is 0 Å². The van der Waals surface area contributed by atoms with Crippen LogP contribution in [0.25, 0.3) is 66.5 Å². The third-order valence-corrected chi connectivity index (χ3v) is 9.92. The van der Waals surface area contributed by atoms with Crippen LogP contribution in [0.5, 0.6) is 0 Å². The van der Waals surface area contributed by atoms with Crippen LogP contribution in [0.3, 0.4) is 0 Å². The van der Waals surface area contributed by atoms with Gasteiger partial charge in [0.1, 0.15) is 35.3 Å². The number of pyridine rings is 3. The van der Waals surface area contributed by atoms with Gasteiger partial charge in [-0.2, -0.15) is 0 Å². The molecule has 384 valence electrons. The Morgan fingerprint density at radius 2 is 0.513 bits per heavy atom. The number of benzene rings is 6. The molecule has 76 heavy (non-hydrogen) atoms. The summed E-state index contributed by atoms with van der Waals surface area (Å²) in [6, 6.07) is 67.8. The van der Waals surface area contributed by atoms with E-state index in [1.807, 2.05) is 109 Å². The first-order valence-electron chi connectivity index (χ1n) is 22.9. The number of nitrogens with zero attached hydrogens (tertiary/aromatic N) is 3. The number of rotatable bonds is 12. The van der Waals surface area contributed by atoms with Crippen LogP contribution >= 0.6 is 0 Å². The Morgan fingerprint density at radius 3 is 0.711 bits per heavy atom. The molecule has 9 rings (SSSR count). The Hall–Kier alpha value is -9.37. The predicted octanol–water partition coefficient (Wildman–Crippen LogP) is 6.56. The standard InChI is InChI=1S/3C15H11N.3C5H6O4.Ir/c3*1-2-6-12(7-3-1)15-11-10-13-8-4-5-9-14(13)16-15;3*1-3(6)2-4(7)5(8)9;/h3*1-11H;3*2H2,1H3,(H,8,9);/q;;;;;;+3/p-3. The molecular weight excluding hydrogens is 1150 g/mol. The van der Waals surface area contributed by atoms with E-state index in [2.05, 4.69) is 106 Å². The van der Waals surface area contributed by atoms with Gasteiger partial charge in [0, 0.05) is 32.8 Å². The zero-order chi connectivity index (χ0) is 54.7. The molecule has 0 unspecified atom stereocenters. The molecule has 0 N–H and O–H groups in total. The van der Waals surface area contributed by atoms with Gasteiger partial charge in [-0.1, -0.05) is 164 Å². The number of aromatic nitrogens is 3. The van der Waals surface area contributed by atoms with Gasteiger partial charge in [0.2, 0.25) is 0 Å². The van der Waals surface area contributed by atoms with E-state index in [1.54, 1.807) is 0 Å². The van der Waals surface area contributed by atoms with Crippen molar-refractivity contribution in [3.05, 3.63) is 200 Å². The summed E-state index contributed by atoms with van der Waals surface area (Å²) in [6.07, 6.45) is -1.70. The van der Waals surface area contributed by atoms with Gasteiger partial charge in [-0.05, 0) is 57.2 Å². The number of hydrogen-bond acceptors (Lipinski definition) is 15. The van der Waals surface area contributed by atoms with E-state index in [1.165, 1.54) is 16.2 Å². The maximum absolute atomic E-state index is 10.1. The van der Waals surface area contributed by atoms with E-state index in [0.717, 1.165) is 71.1 Å². The average Bonchev–Trinajstić information content (AvgIpc) is 3.41. The van der Waals surface area contributed by atoms with Crippen LogP contribution < -0.4 is 15.3 Å². The molecule has 0 bridgehead atoms. The number of ketones is 6. The minimum absolute atomic E-state index is 0. The summed E-state index contributed by atoms with van der Waals surface area (Å²) in [6.45, 7) is 3.42. The predicted molar refractivity (Wildman–Crippen MR) is 277 cm³/mol. The molecule has 0 fully saturated rings. The maximum Gasteiger partial charge on any atom is 3.00 e. The Labute approximate surface area is 450 Å². The molecule has 0 aliphatic rings. The fraction of sp³-hybridized carbons (Fsp3) is 0.100. The van der Waals surface area contributed by atoms with Gasteiger partial charge in [0.05, 0.1) is 52.9 Å². The van der Waals surface area contributed by atoms with Gasteiger partial charge in [-0.25, -0.2) is 15.0 Å². The molecule has 0 saturated heterocycles. The summed E-state index contributed by atoms with van der Waals surface area (Å²) in [5.41, 5.74) is 9.70. The molecule has 0 amide bonds. The van der Waals surface area contributed by atoms with Gasteiger partial charge in [0.15, 0.2) is 17.3 Å². The largest absolute Gasteiger partial charge is 3.00 e. The number of hydrogen-bond donors (Lipinski definition) is 0. The van der Waals surface area contributed by atoms with Crippen molar-refractivity contribution in [3.8, 4) is 33.8 Å². The molecule has 0 atom stereocenters. The molecular formula is C60H48IrN3O12. The van der Waals surface area contributed by atoms with Crippen LogP contribution in [0.15, 0.2) is 200 Å². The fourth-order valence-electron chi connectivity index (χ4n) is 6.40. The van der Waals surface area contributed by atoms with Crippen LogP contribution in [-0.4, -0.2) is 67.6 Å². The summed E-state index contributed by atoms with van der Waals surface area (Å²) in [7, 11) is 0. The van der Waals surface area contributed by atoms with Gasteiger partial charge < -0.3 is 29.7 Å². The van der Waals surface area contributed by atoms with E-state index in [-0.39, 0.29) is 20.1 Å². The Kier molecular flexibility index (Phi) is 25.6. The van der Waals surface area contributed by atoms with Gasteiger partial charge in [-0.15, -0.1) is 0 Å². The van der Waals surface area contributed by atoms with Crippen LogP contribution in [0.4, 0.5) is 0 Å². The second kappa shape index (κ2) is 31.9. The molecule has 6 aromatic carbocycles. The molecule has 0 aliphatic carbocycles. The van der Waals surface area contributed by atoms with E-state index < -0.39 is 71.9 Å². The molecule has 3 aromatic heterocycles. The number of carbonyl (C=O) groups is 9. The van der Waals surface area contributed by atoms with Crippen LogP contribution in [0.1, 0.15) is 40.0 Å². The molecule has 0 spiro atoms. The fourth-order valence-corrected chi connectivity index (χ4v) is 6.40. The average molecular weight is 1200 g/mol. The van der Waals surface area contributed by atoms with Crippen molar-refractivity contribution >= 4 is 85.3 Å². The number of aliphatic carboxylic acids is 3. The number of Topliss-reactive ketones (excluding diaryl/α,β-unsaturated/α-hetero) is 6. The molecule has 16 heteroatoms. The first-order valence-corrected chi connectivity index (χ1v) is 22.9. The second-order valence-electron chi connectivity index (χ2n) is 16.0. The van der Waals surface area contributed by atoms with Crippen LogP contribution in [0, 0.1) is 0 Å². The summed E-state index contributed by atoms with van der Waals surface area (Å²) < 4.78 is 0.